The molecule has 0 spiro atoms. The third kappa shape index (κ3) is 3.55. The molecule has 7 heteroatoms. The van der Waals surface area contributed by atoms with Gasteiger partial charge in [-0.1, -0.05) is 15.9 Å². The van der Waals surface area contributed by atoms with Gasteiger partial charge in [-0.05, 0) is 47.0 Å². The second-order valence-corrected chi connectivity index (χ2v) is 6.53. The molecule has 110 valence electrons. The molecule has 2 nitrogen and oxygen atoms in total. The van der Waals surface area contributed by atoms with Crippen molar-refractivity contribution in [1.82, 2.24) is 4.90 Å². The molecule has 0 bridgehead atoms. The van der Waals surface area contributed by atoms with Crippen LogP contribution in [0.1, 0.15) is 23.2 Å². The number of benzene rings is 1. The van der Waals surface area contributed by atoms with Crippen molar-refractivity contribution >= 4 is 37.8 Å². The highest BCUT2D eigenvalue weighted by Crippen LogP contribution is 2.34. The lowest BCUT2D eigenvalue weighted by Gasteiger charge is -2.34. The highest BCUT2D eigenvalue weighted by molar-refractivity contribution is 9.11. The molecule has 1 saturated heterocycles. The first-order chi connectivity index (χ1) is 9.29. The molecule has 1 aromatic rings. The molecule has 20 heavy (non-hydrogen) atoms. The Bertz CT molecular complexity index is 519. The van der Waals surface area contributed by atoms with Gasteiger partial charge in [0.15, 0.2) is 0 Å². The van der Waals surface area contributed by atoms with Crippen molar-refractivity contribution in [2.24, 2.45) is 5.92 Å². The zero-order valence-corrected chi connectivity index (χ0v) is 13.6. The topological polar surface area (TPSA) is 20.3 Å². The maximum atomic E-state index is 12.8. The summed E-state index contributed by atoms with van der Waals surface area (Å²) in [6, 6.07) is 5.01. The van der Waals surface area contributed by atoms with Gasteiger partial charge >= 0.3 is 6.18 Å². The standard InChI is InChI=1S/C13H12Br2F3NO/c14-9-3-4-10(11(15)6-9)12(20)19-5-1-2-8(7-19)13(16,17)18/h3-4,6,8H,1-2,5,7H2. The van der Waals surface area contributed by atoms with E-state index in [0.29, 0.717) is 23.0 Å². The maximum Gasteiger partial charge on any atom is 0.393 e. The van der Waals surface area contributed by atoms with Gasteiger partial charge < -0.3 is 4.90 Å². The monoisotopic (exact) mass is 413 g/mol. The van der Waals surface area contributed by atoms with E-state index >= 15 is 0 Å². The predicted octanol–water partition coefficient (Wildman–Crippen LogP) is 4.63. The van der Waals surface area contributed by atoms with E-state index in [0.717, 1.165) is 4.47 Å². The van der Waals surface area contributed by atoms with Crippen molar-refractivity contribution in [3.63, 3.8) is 0 Å². The molecule has 1 unspecified atom stereocenters. The highest BCUT2D eigenvalue weighted by Gasteiger charge is 2.42. The molecule has 1 atom stereocenters. The average Bonchev–Trinajstić information content (AvgIpc) is 2.37. The Morgan fingerprint density at radius 3 is 2.60 bits per heavy atom. The number of nitrogens with zero attached hydrogens (tertiary/aromatic N) is 1. The van der Waals surface area contributed by atoms with Gasteiger partial charge in [0.1, 0.15) is 0 Å². The van der Waals surface area contributed by atoms with E-state index in [1.807, 2.05) is 0 Å². The van der Waals surface area contributed by atoms with Gasteiger partial charge in [-0.15, -0.1) is 0 Å². The van der Waals surface area contributed by atoms with Gasteiger partial charge in [0.2, 0.25) is 0 Å². The Hall–Kier alpha value is -0.560. The Balaban J connectivity index is 2.16. The summed E-state index contributed by atoms with van der Waals surface area (Å²) in [5.41, 5.74) is 0.385. The molecule has 1 aliphatic rings. The van der Waals surface area contributed by atoms with Crippen molar-refractivity contribution in [3.05, 3.63) is 32.7 Å². The fraction of sp³-hybridized carbons (Fsp3) is 0.462. The molecular formula is C13H12Br2F3NO. The SMILES string of the molecule is O=C(c1ccc(Br)cc1Br)N1CCCC(C(F)(F)F)C1. The second-order valence-electron chi connectivity index (χ2n) is 4.76. The number of hydrogen-bond acceptors (Lipinski definition) is 1. The number of hydrogen-bond donors (Lipinski definition) is 0. The van der Waals surface area contributed by atoms with Crippen molar-refractivity contribution in [1.29, 1.82) is 0 Å². The van der Waals surface area contributed by atoms with Crippen LogP contribution in [0, 0.1) is 5.92 Å². The smallest absolute Gasteiger partial charge is 0.338 e. The molecule has 1 heterocycles. The van der Waals surface area contributed by atoms with Crippen LogP contribution in [0.4, 0.5) is 13.2 Å². The molecule has 1 fully saturated rings. The van der Waals surface area contributed by atoms with Crippen LogP contribution in [0.2, 0.25) is 0 Å². The third-order valence-electron chi connectivity index (χ3n) is 3.33. The quantitative estimate of drug-likeness (QED) is 0.656. The lowest BCUT2D eigenvalue weighted by Crippen LogP contribution is -2.44. The van der Waals surface area contributed by atoms with Gasteiger partial charge in [-0.3, -0.25) is 4.79 Å². The molecule has 1 aromatic carbocycles. The minimum atomic E-state index is -4.24. The Labute approximate surface area is 131 Å². The molecule has 1 amide bonds. The fourth-order valence-electron chi connectivity index (χ4n) is 2.26. The molecule has 0 aromatic heterocycles. The van der Waals surface area contributed by atoms with Gasteiger partial charge in [0.05, 0.1) is 11.5 Å². The number of rotatable bonds is 1. The van der Waals surface area contributed by atoms with Crippen LogP contribution in [0.15, 0.2) is 27.1 Å². The highest BCUT2D eigenvalue weighted by atomic mass is 79.9. The number of carbonyl (C=O) groups excluding carboxylic acids is 1. The maximum absolute atomic E-state index is 12.8. The van der Waals surface area contributed by atoms with Crippen LogP contribution in [0.5, 0.6) is 0 Å². The van der Waals surface area contributed by atoms with Crippen molar-refractivity contribution in [3.8, 4) is 0 Å². The number of halogens is 5. The number of amides is 1. The lowest BCUT2D eigenvalue weighted by atomic mass is 9.97. The number of carbonyl (C=O) groups is 1. The summed E-state index contributed by atoms with van der Waals surface area (Å²) in [4.78, 5) is 13.6. The van der Waals surface area contributed by atoms with E-state index in [1.54, 1.807) is 18.2 Å². The fourth-order valence-corrected chi connectivity index (χ4v) is 3.48. The normalized spacial score (nSPS) is 20.1. The molecule has 2 rings (SSSR count). The van der Waals surface area contributed by atoms with Crippen LogP contribution >= 0.6 is 31.9 Å². The van der Waals surface area contributed by atoms with Gasteiger partial charge in [0.25, 0.3) is 5.91 Å². The van der Waals surface area contributed by atoms with Crippen LogP contribution in [-0.2, 0) is 0 Å². The van der Waals surface area contributed by atoms with Gasteiger partial charge in [-0.2, -0.15) is 13.2 Å². The minimum absolute atomic E-state index is 0.0921. The summed E-state index contributed by atoms with van der Waals surface area (Å²) in [7, 11) is 0. The average molecular weight is 415 g/mol. The van der Waals surface area contributed by atoms with Crippen LogP contribution < -0.4 is 0 Å². The molecule has 0 aliphatic carbocycles. The first kappa shape index (κ1) is 15.8. The number of alkyl halides is 3. The molecule has 0 radical (unpaired) electrons. The summed E-state index contributed by atoms with van der Waals surface area (Å²) >= 11 is 6.54. The van der Waals surface area contributed by atoms with Crippen LogP contribution in [-0.4, -0.2) is 30.1 Å². The first-order valence-electron chi connectivity index (χ1n) is 6.10. The van der Waals surface area contributed by atoms with E-state index in [2.05, 4.69) is 31.9 Å². The van der Waals surface area contributed by atoms with Gasteiger partial charge in [-0.25, -0.2) is 0 Å². The molecule has 1 aliphatic heterocycles. The van der Waals surface area contributed by atoms with E-state index < -0.39 is 12.1 Å². The largest absolute Gasteiger partial charge is 0.393 e. The van der Waals surface area contributed by atoms with E-state index in [1.165, 1.54) is 4.90 Å². The molecule has 0 saturated carbocycles. The summed E-state index contributed by atoms with van der Waals surface area (Å²) in [6.07, 6.45) is -3.77. The first-order valence-corrected chi connectivity index (χ1v) is 7.68. The van der Waals surface area contributed by atoms with Crippen LogP contribution in [0.25, 0.3) is 0 Å². The Morgan fingerprint density at radius 1 is 1.30 bits per heavy atom. The molecule has 0 N–H and O–H groups in total. The van der Waals surface area contributed by atoms with E-state index in [4.69, 9.17) is 0 Å². The Kier molecular flexibility index (Phi) is 4.79. The summed E-state index contributed by atoms with van der Waals surface area (Å²) in [6.45, 7) is 0.110. The number of piperidine rings is 1. The Morgan fingerprint density at radius 2 is 2.00 bits per heavy atom. The second kappa shape index (κ2) is 6.05. The zero-order valence-electron chi connectivity index (χ0n) is 10.4. The lowest BCUT2D eigenvalue weighted by molar-refractivity contribution is -0.184. The molecular weight excluding hydrogens is 403 g/mol. The van der Waals surface area contributed by atoms with Crippen LogP contribution in [0.3, 0.4) is 0 Å². The van der Waals surface area contributed by atoms with Gasteiger partial charge in [0, 0.05) is 22.0 Å². The van der Waals surface area contributed by atoms with E-state index in [9.17, 15) is 18.0 Å². The van der Waals surface area contributed by atoms with Crippen molar-refractivity contribution in [2.45, 2.75) is 19.0 Å². The minimum Gasteiger partial charge on any atom is -0.338 e. The zero-order chi connectivity index (χ0) is 14.9. The third-order valence-corrected chi connectivity index (χ3v) is 4.48. The number of likely N-dealkylation sites (tertiary alicyclic amines) is 1. The van der Waals surface area contributed by atoms with Crippen molar-refractivity contribution < 1.29 is 18.0 Å². The summed E-state index contributed by atoms with van der Waals surface area (Å²) < 4.78 is 39.7. The predicted molar refractivity (Wildman–Crippen MR) is 76.5 cm³/mol. The summed E-state index contributed by atoms with van der Waals surface area (Å²) in [5.74, 6) is -1.78. The van der Waals surface area contributed by atoms with Crippen molar-refractivity contribution in [2.75, 3.05) is 13.1 Å². The van der Waals surface area contributed by atoms with E-state index in [-0.39, 0.29) is 18.9 Å². The summed E-state index contributed by atoms with van der Waals surface area (Å²) in [5, 5.41) is 0.